The van der Waals surface area contributed by atoms with E-state index >= 15 is 0 Å². The lowest BCUT2D eigenvalue weighted by atomic mass is 9.97. The number of carbonyl (C=O) groups is 1. The Bertz CT molecular complexity index is 710. The van der Waals surface area contributed by atoms with Crippen LogP contribution in [0.3, 0.4) is 0 Å². The average Bonchev–Trinajstić information content (AvgIpc) is 2.85. The molecule has 0 radical (unpaired) electrons. The minimum Gasteiger partial charge on any atom is -0.462 e. The Labute approximate surface area is 137 Å². The van der Waals surface area contributed by atoms with Crippen molar-refractivity contribution in [2.45, 2.75) is 6.10 Å². The lowest BCUT2D eigenvalue weighted by Gasteiger charge is -2.11. The molecule has 3 nitrogen and oxygen atoms in total. The highest BCUT2D eigenvalue weighted by atomic mass is 127. The quantitative estimate of drug-likeness (QED) is 0.814. The first-order valence-corrected chi connectivity index (χ1v) is 7.72. The van der Waals surface area contributed by atoms with Crippen LogP contribution in [0, 0.1) is 3.57 Å². The molecule has 1 atom stereocenters. The van der Waals surface area contributed by atoms with Crippen LogP contribution in [-0.4, -0.2) is 12.8 Å². The van der Waals surface area contributed by atoms with Crippen molar-refractivity contribution in [2.24, 2.45) is 0 Å². The van der Waals surface area contributed by atoms with Crippen LogP contribution in [0.25, 0.3) is 5.57 Å². The summed E-state index contributed by atoms with van der Waals surface area (Å²) in [5.41, 5.74) is 2.37. The van der Waals surface area contributed by atoms with Gasteiger partial charge in [-0.05, 0) is 40.3 Å². The SMILES string of the molecule is CNC1=C(c2cccc(I)c2)C(=O)C(c2ccccc2)O1. The first-order valence-electron chi connectivity index (χ1n) is 6.64. The van der Waals surface area contributed by atoms with E-state index in [0.29, 0.717) is 11.5 Å². The number of ketones is 1. The summed E-state index contributed by atoms with van der Waals surface area (Å²) in [4.78, 5) is 12.8. The standard InChI is InChI=1S/C17H14INO2/c1-19-17-14(12-8-5-9-13(18)10-12)15(20)16(21-17)11-6-3-2-4-7-11/h2-10,16,19H,1H3. The molecule has 1 N–H and O–H groups in total. The molecule has 1 unspecified atom stereocenters. The summed E-state index contributed by atoms with van der Waals surface area (Å²) in [6.07, 6.45) is -0.568. The highest BCUT2D eigenvalue weighted by Crippen LogP contribution is 2.37. The van der Waals surface area contributed by atoms with Crippen LogP contribution >= 0.6 is 22.6 Å². The predicted molar refractivity (Wildman–Crippen MR) is 90.4 cm³/mol. The summed E-state index contributed by atoms with van der Waals surface area (Å²) in [6.45, 7) is 0. The molecular formula is C17H14INO2. The topological polar surface area (TPSA) is 38.3 Å². The average molecular weight is 391 g/mol. The predicted octanol–water partition coefficient (Wildman–Crippen LogP) is 3.52. The number of Topliss-reactive ketones (excluding diaryl/α,β-unsaturated/α-hetero) is 1. The van der Waals surface area contributed by atoms with Gasteiger partial charge in [-0.3, -0.25) is 4.79 Å². The monoisotopic (exact) mass is 391 g/mol. The Hall–Kier alpha value is -1.82. The molecule has 0 aliphatic carbocycles. The fourth-order valence-corrected chi connectivity index (χ4v) is 2.96. The second kappa shape index (κ2) is 5.89. The van der Waals surface area contributed by atoms with Gasteiger partial charge < -0.3 is 10.1 Å². The van der Waals surface area contributed by atoms with E-state index in [0.717, 1.165) is 14.7 Å². The van der Waals surface area contributed by atoms with Crippen LogP contribution in [0.2, 0.25) is 0 Å². The van der Waals surface area contributed by atoms with Crippen LogP contribution < -0.4 is 5.32 Å². The van der Waals surface area contributed by atoms with Crippen molar-refractivity contribution in [3.8, 4) is 0 Å². The number of nitrogens with one attached hydrogen (secondary N) is 1. The van der Waals surface area contributed by atoms with E-state index in [1.54, 1.807) is 7.05 Å². The summed E-state index contributed by atoms with van der Waals surface area (Å²) in [7, 11) is 1.77. The number of halogens is 1. The fraction of sp³-hybridized carbons (Fsp3) is 0.118. The summed E-state index contributed by atoms with van der Waals surface area (Å²) in [5.74, 6) is 0.531. The molecule has 4 heteroatoms. The van der Waals surface area contributed by atoms with Crippen molar-refractivity contribution >= 4 is 33.9 Å². The lowest BCUT2D eigenvalue weighted by Crippen LogP contribution is -2.10. The van der Waals surface area contributed by atoms with Crippen LogP contribution in [0.15, 0.2) is 60.5 Å². The van der Waals surface area contributed by atoms with E-state index in [-0.39, 0.29) is 5.78 Å². The van der Waals surface area contributed by atoms with Gasteiger partial charge in [-0.2, -0.15) is 0 Å². The Kier molecular flexibility index (Phi) is 3.96. The molecule has 2 aromatic rings. The molecule has 21 heavy (non-hydrogen) atoms. The Morgan fingerprint density at radius 1 is 1.10 bits per heavy atom. The summed E-state index contributed by atoms with van der Waals surface area (Å²) >= 11 is 2.24. The van der Waals surface area contributed by atoms with Crippen molar-refractivity contribution in [3.05, 3.63) is 75.2 Å². The van der Waals surface area contributed by atoms with E-state index < -0.39 is 6.10 Å². The van der Waals surface area contributed by atoms with Gasteiger partial charge in [0.05, 0.1) is 5.57 Å². The molecule has 3 rings (SSSR count). The summed E-state index contributed by atoms with van der Waals surface area (Å²) < 4.78 is 6.92. The zero-order valence-electron chi connectivity index (χ0n) is 11.5. The maximum atomic E-state index is 12.8. The maximum absolute atomic E-state index is 12.8. The smallest absolute Gasteiger partial charge is 0.213 e. The number of ether oxygens (including phenoxy) is 1. The molecular weight excluding hydrogens is 377 g/mol. The van der Waals surface area contributed by atoms with E-state index in [4.69, 9.17) is 4.74 Å². The van der Waals surface area contributed by atoms with Crippen LogP contribution in [-0.2, 0) is 9.53 Å². The first kappa shape index (κ1) is 14.1. The normalized spacial score (nSPS) is 17.8. The zero-order valence-corrected chi connectivity index (χ0v) is 13.6. The lowest BCUT2D eigenvalue weighted by molar-refractivity contribution is -0.120. The van der Waals surface area contributed by atoms with Gasteiger partial charge in [-0.25, -0.2) is 0 Å². The van der Waals surface area contributed by atoms with E-state index in [1.807, 2.05) is 54.6 Å². The van der Waals surface area contributed by atoms with Crippen LogP contribution in [0.5, 0.6) is 0 Å². The van der Waals surface area contributed by atoms with Gasteiger partial charge in [0.1, 0.15) is 0 Å². The molecule has 0 saturated carbocycles. The third kappa shape index (κ3) is 2.68. The molecule has 0 amide bonds. The molecule has 2 aromatic carbocycles. The molecule has 1 aliphatic heterocycles. The summed E-state index contributed by atoms with van der Waals surface area (Å²) in [5, 5.41) is 3.00. The third-order valence-electron chi connectivity index (χ3n) is 3.39. The number of benzene rings is 2. The second-order valence-corrected chi connectivity index (χ2v) is 5.98. The molecule has 0 bridgehead atoms. The number of hydrogen-bond acceptors (Lipinski definition) is 3. The number of hydrogen-bond donors (Lipinski definition) is 1. The van der Waals surface area contributed by atoms with Gasteiger partial charge >= 0.3 is 0 Å². The number of rotatable bonds is 3. The van der Waals surface area contributed by atoms with Crippen molar-refractivity contribution in [2.75, 3.05) is 7.05 Å². The van der Waals surface area contributed by atoms with Gasteiger partial charge in [0.15, 0.2) is 12.0 Å². The van der Waals surface area contributed by atoms with Crippen molar-refractivity contribution in [3.63, 3.8) is 0 Å². The largest absolute Gasteiger partial charge is 0.462 e. The molecule has 0 fully saturated rings. The molecule has 0 saturated heterocycles. The van der Waals surface area contributed by atoms with Crippen LogP contribution in [0.1, 0.15) is 17.2 Å². The first-order chi connectivity index (χ1) is 10.2. The molecule has 1 heterocycles. The highest BCUT2D eigenvalue weighted by Gasteiger charge is 2.36. The summed E-state index contributed by atoms with van der Waals surface area (Å²) in [6, 6.07) is 17.4. The van der Waals surface area contributed by atoms with E-state index in [1.165, 1.54) is 0 Å². The van der Waals surface area contributed by atoms with Gasteiger partial charge in [0.2, 0.25) is 5.78 Å². The minimum absolute atomic E-state index is 0.00690. The van der Waals surface area contributed by atoms with Crippen molar-refractivity contribution < 1.29 is 9.53 Å². The van der Waals surface area contributed by atoms with E-state index in [9.17, 15) is 4.79 Å². The zero-order chi connectivity index (χ0) is 14.8. The molecule has 106 valence electrons. The van der Waals surface area contributed by atoms with Gasteiger partial charge in [-0.1, -0.05) is 42.5 Å². The van der Waals surface area contributed by atoms with Gasteiger partial charge in [0, 0.05) is 16.2 Å². The van der Waals surface area contributed by atoms with Gasteiger partial charge in [0.25, 0.3) is 0 Å². The maximum Gasteiger partial charge on any atom is 0.213 e. The minimum atomic E-state index is -0.568. The van der Waals surface area contributed by atoms with Crippen LogP contribution in [0.4, 0.5) is 0 Å². The highest BCUT2D eigenvalue weighted by molar-refractivity contribution is 14.1. The number of carbonyl (C=O) groups excluding carboxylic acids is 1. The van der Waals surface area contributed by atoms with Crippen molar-refractivity contribution in [1.82, 2.24) is 5.32 Å². The molecule has 0 aromatic heterocycles. The fourth-order valence-electron chi connectivity index (χ4n) is 2.42. The van der Waals surface area contributed by atoms with E-state index in [2.05, 4.69) is 27.9 Å². The molecule has 0 spiro atoms. The second-order valence-electron chi connectivity index (χ2n) is 4.74. The van der Waals surface area contributed by atoms with Gasteiger partial charge in [-0.15, -0.1) is 0 Å². The van der Waals surface area contributed by atoms with Crippen molar-refractivity contribution in [1.29, 1.82) is 0 Å². The third-order valence-corrected chi connectivity index (χ3v) is 4.06. The molecule has 1 aliphatic rings. The Morgan fingerprint density at radius 2 is 1.86 bits per heavy atom. The Morgan fingerprint density at radius 3 is 2.52 bits per heavy atom. The Balaban J connectivity index is 2.01.